The van der Waals surface area contributed by atoms with Gasteiger partial charge in [0.25, 0.3) is 0 Å². The number of likely N-dealkylation sites (tertiary alicyclic amines) is 2. The summed E-state index contributed by atoms with van der Waals surface area (Å²) in [5.41, 5.74) is 8.47. The van der Waals surface area contributed by atoms with E-state index in [1.807, 2.05) is 0 Å². The number of hydrogen-bond donors (Lipinski definition) is 0. The molecule has 0 N–H and O–H groups in total. The standard InChI is InChI=1S/C32H36N2/c1-33-17-3-5-31(33)20-23-7-8-29-21-27(14-13-26(29)19-23)24-9-11-25(12-10-24)28-15-16-30(22-28)32-6-4-18-34(32)2/h7-16,19,21,31-32H,3-6,17-18,20,22H2,1-2H3. The van der Waals surface area contributed by atoms with Crippen LogP contribution in [-0.2, 0) is 6.42 Å². The Morgan fingerprint density at radius 2 is 1.41 bits per heavy atom. The number of benzene rings is 3. The zero-order valence-electron chi connectivity index (χ0n) is 20.6. The first-order chi connectivity index (χ1) is 16.6. The summed E-state index contributed by atoms with van der Waals surface area (Å²) in [5, 5.41) is 2.68. The average molecular weight is 449 g/mol. The van der Waals surface area contributed by atoms with Crippen molar-refractivity contribution in [1.82, 2.24) is 9.80 Å². The lowest BCUT2D eigenvalue weighted by Crippen LogP contribution is -2.26. The molecule has 174 valence electrons. The first-order valence-electron chi connectivity index (χ1n) is 13.1. The molecule has 2 fully saturated rings. The molecule has 3 aliphatic rings. The highest BCUT2D eigenvalue weighted by molar-refractivity contribution is 5.88. The third kappa shape index (κ3) is 4.26. The molecule has 6 rings (SSSR count). The zero-order chi connectivity index (χ0) is 23.1. The van der Waals surface area contributed by atoms with Crippen molar-refractivity contribution in [3.63, 3.8) is 0 Å². The fourth-order valence-corrected chi connectivity index (χ4v) is 6.34. The molecular formula is C32H36N2. The monoisotopic (exact) mass is 448 g/mol. The predicted octanol–water partition coefficient (Wildman–Crippen LogP) is 6.95. The highest BCUT2D eigenvalue weighted by Crippen LogP contribution is 2.35. The van der Waals surface area contributed by atoms with Crippen LogP contribution in [0.4, 0.5) is 0 Å². The number of allylic oxidation sites excluding steroid dienone is 3. The number of rotatable bonds is 5. The molecule has 0 spiro atoms. The maximum Gasteiger partial charge on any atom is 0.0311 e. The Morgan fingerprint density at radius 3 is 2.18 bits per heavy atom. The quantitative estimate of drug-likeness (QED) is 0.417. The SMILES string of the molecule is CN1CCCC1Cc1ccc2cc(-c3ccc(C4=CC=C(C5CCCN5C)C4)cc3)ccc2c1. The van der Waals surface area contributed by atoms with Crippen molar-refractivity contribution < 1.29 is 0 Å². The van der Waals surface area contributed by atoms with Gasteiger partial charge in [0, 0.05) is 12.1 Å². The number of likely N-dealkylation sites (N-methyl/N-ethyl adjacent to an activating group) is 2. The van der Waals surface area contributed by atoms with Crippen molar-refractivity contribution in [2.24, 2.45) is 0 Å². The summed E-state index contributed by atoms with van der Waals surface area (Å²) >= 11 is 0. The Kier molecular flexibility index (Phi) is 5.89. The van der Waals surface area contributed by atoms with Gasteiger partial charge in [0.05, 0.1) is 0 Å². The maximum absolute atomic E-state index is 2.52. The van der Waals surface area contributed by atoms with Gasteiger partial charge < -0.3 is 4.90 Å². The molecule has 2 unspecified atom stereocenters. The molecule has 0 radical (unpaired) electrons. The van der Waals surface area contributed by atoms with E-state index < -0.39 is 0 Å². The lowest BCUT2D eigenvalue weighted by Gasteiger charge is -2.21. The molecule has 2 heteroatoms. The Balaban J connectivity index is 1.15. The molecule has 3 aromatic carbocycles. The minimum atomic E-state index is 0.644. The Bertz CT molecular complexity index is 1250. The van der Waals surface area contributed by atoms with Crippen molar-refractivity contribution in [2.75, 3.05) is 27.2 Å². The van der Waals surface area contributed by atoms with E-state index in [9.17, 15) is 0 Å². The third-order valence-electron chi connectivity index (χ3n) is 8.48. The zero-order valence-corrected chi connectivity index (χ0v) is 20.6. The summed E-state index contributed by atoms with van der Waals surface area (Å²) in [4.78, 5) is 5.03. The van der Waals surface area contributed by atoms with Crippen molar-refractivity contribution in [1.29, 1.82) is 0 Å². The van der Waals surface area contributed by atoms with Crippen LogP contribution in [0.15, 0.2) is 78.4 Å². The highest BCUT2D eigenvalue weighted by Gasteiger charge is 2.26. The molecule has 0 aromatic heterocycles. The lowest BCUT2D eigenvalue weighted by molar-refractivity contribution is 0.309. The molecule has 34 heavy (non-hydrogen) atoms. The van der Waals surface area contributed by atoms with Crippen molar-refractivity contribution in [3.8, 4) is 11.1 Å². The van der Waals surface area contributed by atoms with E-state index in [2.05, 4.69) is 96.7 Å². The second-order valence-corrected chi connectivity index (χ2v) is 10.7. The second-order valence-electron chi connectivity index (χ2n) is 10.7. The molecule has 3 aromatic rings. The third-order valence-corrected chi connectivity index (χ3v) is 8.48. The topological polar surface area (TPSA) is 6.48 Å². The van der Waals surface area contributed by atoms with E-state index in [0.29, 0.717) is 12.1 Å². The molecule has 2 atom stereocenters. The minimum Gasteiger partial charge on any atom is -0.303 e. The minimum absolute atomic E-state index is 0.644. The average Bonchev–Trinajstić information content (AvgIpc) is 3.61. The van der Waals surface area contributed by atoms with Gasteiger partial charge in [-0.05, 0) is 116 Å². The molecule has 2 aliphatic heterocycles. The fraction of sp³-hybridized carbons (Fsp3) is 0.375. The van der Waals surface area contributed by atoms with Crippen molar-refractivity contribution >= 4 is 16.3 Å². The summed E-state index contributed by atoms with van der Waals surface area (Å²) in [6.45, 7) is 2.48. The lowest BCUT2D eigenvalue weighted by atomic mass is 9.95. The first-order valence-corrected chi connectivity index (χ1v) is 13.1. The van der Waals surface area contributed by atoms with Gasteiger partial charge in [0.1, 0.15) is 0 Å². The number of nitrogens with zero attached hydrogens (tertiary/aromatic N) is 2. The molecule has 0 amide bonds. The van der Waals surface area contributed by atoms with Gasteiger partial charge in [-0.25, -0.2) is 0 Å². The van der Waals surface area contributed by atoms with Gasteiger partial charge >= 0.3 is 0 Å². The van der Waals surface area contributed by atoms with Crippen LogP contribution in [-0.4, -0.2) is 49.1 Å². The number of hydrogen-bond acceptors (Lipinski definition) is 2. The van der Waals surface area contributed by atoms with E-state index in [1.54, 1.807) is 5.57 Å². The van der Waals surface area contributed by atoms with Crippen LogP contribution < -0.4 is 0 Å². The van der Waals surface area contributed by atoms with Gasteiger partial charge in [-0.15, -0.1) is 0 Å². The van der Waals surface area contributed by atoms with Gasteiger partial charge in [-0.3, -0.25) is 4.90 Å². The van der Waals surface area contributed by atoms with Crippen molar-refractivity contribution in [2.45, 2.75) is 50.6 Å². The molecule has 1 aliphatic carbocycles. The number of fused-ring (bicyclic) bond motifs is 1. The van der Waals surface area contributed by atoms with Gasteiger partial charge in [-0.2, -0.15) is 0 Å². The molecule has 0 bridgehead atoms. The summed E-state index contributed by atoms with van der Waals surface area (Å²) in [6.07, 6.45) is 12.3. The Hall–Kier alpha value is -2.68. The van der Waals surface area contributed by atoms with Crippen molar-refractivity contribution in [3.05, 3.63) is 89.5 Å². The van der Waals surface area contributed by atoms with Crippen LogP contribution >= 0.6 is 0 Å². The van der Waals surface area contributed by atoms with Crippen LogP contribution in [0.1, 0.15) is 43.2 Å². The van der Waals surface area contributed by atoms with Gasteiger partial charge in [-0.1, -0.05) is 66.7 Å². The fourth-order valence-electron chi connectivity index (χ4n) is 6.34. The molecule has 2 saturated heterocycles. The summed E-state index contributed by atoms with van der Waals surface area (Å²) in [5.74, 6) is 0. The van der Waals surface area contributed by atoms with Crippen LogP contribution in [0, 0.1) is 0 Å². The van der Waals surface area contributed by atoms with Crippen LogP contribution in [0.25, 0.3) is 27.5 Å². The summed E-state index contributed by atoms with van der Waals surface area (Å²) in [6, 6.07) is 24.5. The molecule has 2 nitrogen and oxygen atoms in total. The Morgan fingerprint density at radius 1 is 0.706 bits per heavy atom. The van der Waals surface area contributed by atoms with Gasteiger partial charge in [0.2, 0.25) is 0 Å². The summed E-state index contributed by atoms with van der Waals surface area (Å²) < 4.78 is 0. The van der Waals surface area contributed by atoms with Crippen LogP contribution in [0.3, 0.4) is 0 Å². The van der Waals surface area contributed by atoms with E-state index in [-0.39, 0.29) is 0 Å². The molecule has 2 heterocycles. The molecule has 0 saturated carbocycles. The highest BCUT2D eigenvalue weighted by atomic mass is 15.1. The predicted molar refractivity (Wildman–Crippen MR) is 145 cm³/mol. The van der Waals surface area contributed by atoms with Gasteiger partial charge in [0.15, 0.2) is 0 Å². The molecular weight excluding hydrogens is 412 g/mol. The first kappa shape index (κ1) is 21.8. The summed E-state index contributed by atoms with van der Waals surface area (Å²) in [7, 11) is 4.53. The van der Waals surface area contributed by atoms with E-state index in [4.69, 9.17) is 0 Å². The largest absolute Gasteiger partial charge is 0.303 e. The second kappa shape index (κ2) is 9.17. The Labute approximate surface area is 204 Å². The van der Waals surface area contributed by atoms with Crippen LogP contribution in [0.5, 0.6) is 0 Å². The van der Waals surface area contributed by atoms with E-state index in [1.165, 1.54) is 83.8 Å². The normalized spacial score (nSPS) is 23.6. The van der Waals surface area contributed by atoms with Crippen LogP contribution in [0.2, 0.25) is 0 Å². The van der Waals surface area contributed by atoms with E-state index >= 15 is 0 Å². The maximum atomic E-state index is 2.52. The van der Waals surface area contributed by atoms with E-state index in [0.717, 1.165) is 6.42 Å². The smallest absolute Gasteiger partial charge is 0.0311 e.